The lowest BCUT2D eigenvalue weighted by atomic mass is 9.93. The molecular weight excluding hydrogens is 134 g/mol. The van der Waals surface area contributed by atoms with Gasteiger partial charge >= 0.3 is 0 Å². The van der Waals surface area contributed by atoms with Crippen molar-refractivity contribution in [2.45, 2.75) is 32.6 Å². The highest BCUT2D eigenvalue weighted by molar-refractivity contribution is 5.01. The maximum atomic E-state index is 3.97. The number of hydrogen-bond donors (Lipinski definition) is 0. The van der Waals surface area contributed by atoms with Gasteiger partial charge in [-0.15, -0.1) is 0 Å². The van der Waals surface area contributed by atoms with Gasteiger partial charge in [-0.1, -0.05) is 6.58 Å². The Hall–Kier alpha value is -0.460. The number of piperidine rings is 1. The van der Waals surface area contributed by atoms with E-state index < -0.39 is 0 Å². The third kappa shape index (κ3) is 1.29. The van der Waals surface area contributed by atoms with Crippen molar-refractivity contribution in [1.82, 2.24) is 4.90 Å². The predicted octanol–water partition coefficient (Wildman–Crippen LogP) is 2.40. The van der Waals surface area contributed by atoms with Crippen molar-refractivity contribution in [2.24, 2.45) is 5.41 Å². The van der Waals surface area contributed by atoms with Crippen LogP contribution in [0.15, 0.2) is 12.3 Å². The van der Waals surface area contributed by atoms with Crippen molar-refractivity contribution in [3.8, 4) is 0 Å². The van der Waals surface area contributed by atoms with E-state index in [0.717, 1.165) is 5.41 Å². The average molecular weight is 151 g/mol. The minimum Gasteiger partial charge on any atom is -0.375 e. The Kier molecular flexibility index (Phi) is 1.48. The summed E-state index contributed by atoms with van der Waals surface area (Å²) in [5.41, 5.74) is 2.06. The Morgan fingerprint density at radius 2 is 1.73 bits per heavy atom. The molecule has 0 bridgehead atoms. The zero-order valence-electron chi connectivity index (χ0n) is 7.40. The first-order chi connectivity index (χ1) is 5.22. The van der Waals surface area contributed by atoms with Crippen LogP contribution in [0.2, 0.25) is 0 Å². The molecule has 0 aromatic heterocycles. The van der Waals surface area contributed by atoms with E-state index in [0.29, 0.717) is 0 Å². The van der Waals surface area contributed by atoms with Crippen molar-refractivity contribution >= 4 is 0 Å². The smallest absolute Gasteiger partial charge is 0.0180 e. The predicted molar refractivity (Wildman–Crippen MR) is 47.3 cm³/mol. The largest absolute Gasteiger partial charge is 0.375 e. The van der Waals surface area contributed by atoms with E-state index in [-0.39, 0.29) is 0 Å². The number of allylic oxidation sites excluding steroid dienone is 1. The lowest BCUT2D eigenvalue weighted by Gasteiger charge is -2.33. The number of likely N-dealkylation sites (tertiary alicyclic amines) is 1. The van der Waals surface area contributed by atoms with Gasteiger partial charge in [-0.3, -0.25) is 0 Å². The quantitative estimate of drug-likeness (QED) is 0.556. The van der Waals surface area contributed by atoms with Crippen LogP contribution in [0.5, 0.6) is 0 Å². The average Bonchev–Trinajstić information content (AvgIpc) is 2.70. The third-order valence-corrected chi connectivity index (χ3v) is 3.32. The second kappa shape index (κ2) is 2.26. The lowest BCUT2D eigenvalue weighted by molar-refractivity contribution is 0.213. The highest BCUT2D eigenvalue weighted by atomic mass is 15.1. The van der Waals surface area contributed by atoms with E-state index in [1.54, 1.807) is 0 Å². The lowest BCUT2D eigenvalue weighted by Crippen LogP contribution is -2.32. The van der Waals surface area contributed by atoms with Crippen LogP contribution < -0.4 is 0 Å². The van der Waals surface area contributed by atoms with Crippen molar-refractivity contribution in [3.05, 3.63) is 12.3 Å². The summed E-state index contributed by atoms with van der Waals surface area (Å²) in [4.78, 5) is 2.42. The van der Waals surface area contributed by atoms with E-state index in [4.69, 9.17) is 0 Å². The zero-order valence-corrected chi connectivity index (χ0v) is 7.40. The molecule has 0 N–H and O–H groups in total. The maximum Gasteiger partial charge on any atom is 0.0180 e. The summed E-state index contributed by atoms with van der Waals surface area (Å²) in [5, 5.41) is 0. The van der Waals surface area contributed by atoms with Gasteiger partial charge in [0.05, 0.1) is 0 Å². The van der Waals surface area contributed by atoms with Gasteiger partial charge in [-0.05, 0) is 38.0 Å². The fourth-order valence-corrected chi connectivity index (χ4v) is 2.04. The molecule has 1 aliphatic carbocycles. The first-order valence-electron chi connectivity index (χ1n) is 4.62. The van der Waals surface area contributed by atoms with E-state index in [1.807, 2.05) is 0 Å². The molecule has 2 fully saturated rings. The molecule has 0 aromatic carbocycles. The van der Waals surface area contributed by atoms with E-state index in [1.165, 1.54) is 44.5 Å². The Labute approximate surface area is 69.1 Å². The van der Waals surface area contributed by atoms with Crippen LogP contribution in [0.25, 0.3) is 0 Å². The minimum absolute atomic E-state index is 0.811. The fraction of sp³-hybridized carbons (Fsp3) is 0.800. The van der Waals surface area contributed by atoms with E-state index >= 15 is 0 Å². The SMILES string of the molecule is C=C(C)N1CCC2(CC1)CC2. The summed E-state index contributed by atoms with van der Waals surface area (Å²) < 4.78 is 0. The summed E-state index contributed by atoms with van der Waals surface area (Å²) in [6, 6.07) is 0. The molecule has 1 saturated carbocycles. The number of rotatable bonds is 1. The molecule has 1 heteroatoms. The number of hydrogen-bond acceptors (Lipinski definition) is 1. The van der Waals surface area contributed by atoms with Crippen LogP contribution in [0.4, 0.5) is 0 Å². The van der Waals surface area contributed by atoms with Gasteiger partial charge in [0.2, 0.25) is 0 Å². The molecule has 1 aliphatic heterocycles. The van der Waals surface area contributed by atoms with Crippen LogP contribution >= 0.6 is 0 Å². The van der Waals surface area contributed by atoms with Crippen molar-refractivity contribution in [2.75, 3.05) is 13.1 Å². The summed E-state index contributed by atoms with van der Waals surface area (Å²) in [6.07, 6.45) is 5.83. The molecule has 2 aliphatic rings. The Balaban J connectivity index is 1.89. The van der Waals surface area contributed by atoms with Gasteiger partial charge in [-0.25, -0.2) is 0 Å². The highest BCUT2D eigenvalue weighted by Crippen LogP contribution is 2.53. The molecular formula is C10H17N. The molecule has 0 amide bonds. The maximum absolute atomic E-state index is 3.97. The Bertz CT molecular complexity index is 169. The van der Waals surface area contributed by atoms with Crippen LogP contribution in [0, 0.1) is 5.41 Å². The van der Waals surface area contributed by atoms with Gasteiger partial charge in [-0.2, -0.15) is 0 Å². The first kappa shape index (κ1) is 7.20. The van der Waals surface area contributed by atoms with Gasteiger partial charge in [0, 0.05) is 18.8 Å². The standard InChI is InChI=1S/C10H17N/c1-9(2)11-7-5-10(3-4-10)6-8-11/h1,3-8H2,2H3. The molecule has 1 heterocycles. The molecule has 1 spiro atoms. The normalized spacial score (nSPS) is 27.2. The second-order valence-corrected chi connectivity index (χ2v) is 4.22. The molecule has 62 valence electrons. The summed E-state index contributed by atoms with van der Waals surface area (Å²) in [7, 11) is 0. The van der Waals surface area contributed by atoms with Crippen molar-refractivity contribution in [3.63, 3.8) is 0 Å². The van der Waals surface area contributed by atoms with Crippen molar-refractivity contribution < 1.29 is 0 Å². The minimum atomic E-state index is 0.811. The Morgan fingerprint density at radius 3 is 2.09 bits per heavy atom. The molecule has 11 heavy (non-hydrogen) atoms. The fourth-order valence-electron chi connectivity index (χ4n) is 2.04. The van der Waals surface area contributed by atoms with Crippen LogP contribution in [0.3, 0.4) is 0 Å². The van der Waals surface area contributed by atoms with Gasteiger partial charge < -0.3 is 4.90 Å². The van der Waals surface area contributed by atoms with Crippen LogP contribution in [0.1, 0.15) is 32.6 Å². The van der Waals surface area contributed by atoms with Crippen LogP contribution in [-0.2, 0) is 0 Å². The summed E-state index contributed by atoms with van der Waals surface area (Å²) >= 11 is 0. The molecule has 1 saturated heterocycles. The molecule has 0 atom stereocenters. The summed E-state index contributed by atoms with van der Waals surface area (Å²) in [5.74, 6) is 0. The third-order valence-electron chi connectivity index (χ3n) is 3.32. The summed E-state index contributed by atoms with van der Waals surface area (Å²) in [6.45, 7) is 8.61. The van der Waals surface area contributed by atoms with Gasteiger partial charge in [0.1, 0.15) is 0 Å². The van der Waals surface area contributed by atoms with Gasteiger partial charge in [0.25, 0.3) is 0 Å². The van der Waals surface area contributed by atoms with E-state index in [2.05, 4.69) is 18.4 Å². The molecule has 0 radical (unpaired) electrons. The molecule has 1 nitrogen and oxygen atoms in total. The monoisotopic (exact) mass is 151 g/mol. The van der Waals surface area contributed by atoms with Crippen LogP contribution in [-0.4, -0.2) is 18.0 Å². The first-order valence-corrected chi connectivity index (χ1v) is 4.62. The Morgan fingerprint density at radius 1 is 1.18 bits per heavy atom. The second-order valence-electron chi connectivity index (χ2n) is 4.22. The van der Waals surface area contributed by atoms with Gasteiger partial charge in [0.15, 0.2) is 0 Å². The molecule has 0 unspecified atom stereocenters. The molecule has 2 rings (SSSR count). The van der Waals surface area contributed by atoms with Crippen molar-refractivity contribution in [1.29, 1.82) is 0 Å². The molecule has 0 aromatic rings. The zero-order chi connectivity index (χ0) is 7.90. The van der Waals surface area contributed by atoms with E-state index in [9.17, 15) is 0 Å². The number of nitrogens with zero attached hydrogens (tertiary/aromatic N) is 1. The topological polar surface area (TPSA) is 3.24 Å². The highest BCUT2D eigenvalue weighted by Gasteiger charge is 2.44.